The van der Waals surface area contributed by atoms with E-state index in [1.165, 1.54) is 6.42 Å². The summed E-state index contributed by atoms with van der Waals surface area (Å²) >= 11 is 0. The molecule has 1 aromatic heterocycles. The first-order valence-electron chi connectivity index (χ1n) is 9.31. The molecule has 0 bridgehead atoms. The molecule has 1 aliphatic heterocycles. The smallest absolute Gasteiger partial charge is 0.264 e. The predicted octanol–water partition coefficient (Wildman–Crippen LogP) is 3.97. The lowest BCUT2D eigenvalue weighted by Gasteiger charge is -2.26. The van der Waals surface area contributed by atoms with Crippen LogP contribution in [0.3, 0.4) is 0 Å². The van der Waals surface area contributed by atoms with E-state index in [2.05, 4.69) is 15.5 Å². The number of carbonyl (C=O) groups is 1. The van der Waals surface area contributed by atoms with Crippen LogP contribution in [-0.2, 0) is 6.54 Å². The van der Waals surface area contributed by atoms with Gasteiger partial charge in [-0.3, -0.25) is 4.79 Å². The van der Waals surface area contributed by atoms with Gasteiger partial charge in [-0.15, -0.1) is 0 Å². The van der Waals surface area contributed by atoms with Crippen LogP contribution in [0.5, 0.6) is 0 Å². The zero-order valence-corrected chi connectivity index (χ0v) is 15.1. The summed E-state index contributed by atoms with van der Waals surface area (Å²) in [6, 6.07) is 17.4. The fourth-order valence-corrected chi connectivity index (χ4v) is 3.22. The SMILES string of the molecule is O=C(c1ccc(CNc2noc(-c3ccccc3)n2)cc1)N1CCCCC1. The van der Waals surface area contributed by atoms with Gasteiger partial charge in [0.05, 0.1) is 0 Å². The molecule has 0 aliphatic carbocycles. The first-order valence-corrected chi connectivity index (χ1v) is 9.31. The number of anilines is 1. The van der Waals surface area contributed by atoms with E-state index < -0.39 is 0 Å². The Balaban J connectivity index is 1.35. The molecule has 6 nitrogen and oxygen atoms in total. The number of carbonyl (C=O) groups excluding carboxylic acids is 1. The van der Waals surface area contributed by atoms with Crippen LogP contribution in [0.25, 0.3) is 11.5 Å². The minimum absolute atomic E-state index is 0.125. The zero-order chi connectivity index (χ0) is 18.5. The van der Waals surface area contributed by atoms with Crippen molar-refractivity contribution in [2.45, 2.75) is 25.8 Å². The van der Waals surface area contributed by atoms with Crippen LogP contribution < -0.4 is 5.32 Å². The maximum Gasteiger partial charge on any atom is 0.264 e. The second-order valence-electron chi connectivity index (χ2n) is 6.69. The Morgan fingerprint density at radius 2 is 1.74 bits per heavy atom. The van der Waals surface area contributed by atoms with E-state index in [4.69, 9.17) is 4.52 Å². The summed E-state index contributed by atoms with van der Waals surface area (Å²) in [4.78, 5) is 18.8. The average molecular weight is 362 g/mol. The topological polar surface area (TPSA) is 71.3 Å². The lowest BCUT2D eigenvalue weighted by Crippen LogP contribution is -2.35. The second-order valence-corrected chi connectivity index (χ2v) is 6.69. The highest BCUT2D eigenvalue weighted by Crippen LogP contribution is 2.18. The third-order valence-electron chi connectivity index (χ3n) is 4.74. The number of likely N-dealkylation sites (tertiary alicyclic amines) is 1. The van der Waals surface area contributed by atoms with Crippen molar-refractivity contribution in [3.8, 4) is 11.5 Å². The van der Waals surface area contributed by atoms with Crippen LogP contribution in [-0.4, -0.2) is 34.0 Å². The summed E-state index contributed by atoms with van der Waals surface area (Å²) in [6.07, 6.45) is 3.42. The van der Waals surface area contributed by atoms with E-state index in [-0.39, 0.29) is 5.91 Å². The average Bonchev–Trinajstić information content (AvgIpc) is 3.22. The monoisotopic (exact) mass is 362 g/mol. The maximum absolute atomic E-state index is 12.5. The fraction of sp³-hybridized carbons (Fsp3) is 0.286. The Morgan fingerprint density at radius 3 is 2.48 bits per heavy atom. The summed E-state index contributed by atoms with van der Waals surface area (Å²) in [6.45, 7) is 2.29. The molecular formula is C21H22N4O2. The van der Waals surface area contributed by atoms with Crippen LogP contribution in [0.1, 0.15) is 35.2 Å². The number of nitrogens with one attached hydrogen (secondary N) is 1. The first-order chi connectivity index (χ1) is 13.3. The van der Waals surface area contributed by atoms with Crippen molar-refractivity contribution in [2.24, 2.45) is 0 Å². The fourth-order valence-electron chi connectivity index (χ4n) is 3.22. The molecule has 0 spiro atoms. The number of aromatic nitrogens is 2. The Bertz CT molecular complexity index is 884. The quantitative estimate of drug-likeness (QED) is 0.743. The molecule has 2 heterocycles. The molecule has 1 N–H and O–H groups in total. The minimum Gasteiger partial charge on any atom is -0.347 e. The van der Waals surface area contributed by atoms with Crippen LogP contribution in [0.4, 0.5) is 5.95 Å². The summed E-state index contributed by atoms with van der Waals surface area (Å²) in [5.41, 5.74) is 2.68. The number of rotatable bonds is 5. The molecule has 0 radical (unpaired) electrons. The van der Waals surface area contributed by atoms with Gasteiger partial charge in [0.1, 0.15) is 0 Å². The highest BCUT2D eigenvalue weighted by molar-refractivity contribution is 5.94. The van der Waals surface area contributed by atoms with Gasteiger partial charge in [-0.25, -0.2) is 0 Å². The van der Waals surface area contributed by atoms with Crippen molar-refractivity contribution in [2.75, 3.05) is 18.4 Å². The molecule has 4 rings (SSSR count). The van der Waals surface area contributed by atoms with E-state index >= 15 is 0 Å². The molecule has 0 saturated carbocycles. The van der Waals surface area contributed by atoms with E-state index in [1.807, 2.05) is 59.5 Å². The Hall–Kier alpha value is -3.15. The number of hydrogen-bond donors (Lipinski definition) is 1. The lowest BCUT2D eigenvalue weighted by atomic mass is 10.1. The summed E-state index contributed by atoms with van der Waals surface area (Å²) < 4.78 is 5.28. The van der Waals surface area contributed by atoms with Crippen molar-refractivity contribution < 1.29 is 9.32 Å². The number of amides is 1. The molecule has 138 valence electrons. The van der Waals surface area contributed by atoms with Gasteiger partial charge in [0.15, 0.2) is 0 Å². The Morgan fingerprint density at radius 1 is 1.00 bits per heavy atom. The van der Waals surface area contributed by atoms with E-state index in [1.54, 1.807) is 0 Å². The van der Waals surface area contributed by atoms with Crippen LogP contribution in [0, 0.1) is 0 Å². The zero-order valence-electron chi connectivity index (χ0n) is 15.1. The highest BCUT2D eigenvalue weighted by Gasteiger charge is 2.17. The van der Waals surface area contributed by atoms with Crippen molar-refractivity contribution in [1.82, 2.24) is 15.0 Å². The third kappa shape index (κ3) is 4.16. The molecule has 0 atom stereocenters. The molecular weight excluding hydrogens is 340 g/mol. The van der Waals surface area contributed by atoms with Crippen molar-refractivity contribution in [1.29, 1.82) is 0 Å². The molecule has 0 unspecified atom stereocenters. The molecule has 1 fully saturated rings. The standard InChI is InChI=1S/C21H22N4O2/c26-20(25-13-5-2-6-14-25)18-11-9-16(10-12-18)15-22-21-23-19(27-24-21)17-7-3-1-4-8-17/h1,3-4,7-12H,2,5-6,13-15H2,(H,22,24). The lowest BCUT2D eigenvalue weighted by molar-refractivity contribution is 0.0724. The number of nitrogens with zero attached hydrogens (tertiary/aromatic N) is 3. The molecule has 3 aromatic rings. The largest absolute Gasteiger partial charge is 0.347 e. The van der Waals surface area contributed by atoms with Gasteiger partial charge < -0.3 is 14.7 Å². The number of piperidine rings is 1. The van der Waals surface area contributed by atoms with Crippen molar-refractivity contribution in [3.05, 3.63) is 65.7 Å². The van der Waals surface area contributed by atoms with E-state index in [0.29, 0.717) is 18.4 Å². The first kappa shape index (κ1) is 17.3. The second kappa shape index (κ2) is 8.03. The summed E-state index contributed by atoms with van der Waals surface area (Å²) in [5.74, 6) is 1.06. The van der Waals surface area contributed by atoms with E-state index in [0.717, 1.165) is 42.6 Å². The summed E-state index contributed by atoms with van der Waals surface area (Å²) in [7, 11) is 0. The Kier molecular flexibility index (Phi) is 5.14. The van der Waals surface area contributed by atoms with Gasteiger partial charge in [-0.2, -0.15) is 4.98 Å². The van der Waals surface area contributed by atoms with Gasteiger partial charge in [0, 0.05) is 30.8 Å². The summed E-state index contributed by atoms with van der Waals surface area (Å²) in [5, 5.41) is 7.11. The van der Waals surface area contributed by atoms with Gasteiger partial charge in [-0.05, 0) is 54.2 Å². The number of benzene rings is 2. The molecule has 6 heteroatoms. The maximum atomic E-state index is 12.5. The minimum atomic E-state index is 0.125. The van der Waals surface area contributed by atoms with E-state index in [9.17, 15) is 4.79 Å². The van der Waals surface area contributed by atoms with Crippen LogP contribution in [0.15, 0.2) is 59.1 Å². The van der Waals surface area contributed by atoms with Gasteiger partial charge in [0.2, 0.25) is 0 Å². The van der Waals surface area contributed by atoms with Crippen LogP contribution in [0.2, 0.25) is 0 Å². The molecule has 1 aliphatic rings. The van der Waals surface area contributed by atoms with Gasteiger partial charge in [-0.1, -0.05) is 30.3 Å². The van der Waals surface area contributed by atoms with Crippen LogP contribution >= 0.6 is 0 Å². The van der Waals surface area contributed by atoms with Crippen molar-refractivity contribution >= 4 is 11.9 Å². The Labute approximate surface area is 158 Å². The van der Waals surface area contributed by atoms with Crippen molar-refractivity contribution in [3.63, 3.8) is 0 Å². The van der Waals surface area contributed by atoms with Gasteiger partial charge >= 0.3 is 0 Å². The normalized spacial score (nSPS) is 14.1. The molecule has 2 aromatic carbocycles. The predicted molar refractivity (Wildman–Crippen MR) is 103 cm³/mol. The van der Waals surface area contributed by atoms with Gasteiger partial charge in [0.25, 0.3) is 17.7 Å². The molecule has 1 amide bonds. The highest BCUT2D eigenvalue weighted by atomic mass is 16.5. The number of hydrogen-bond acceptors (Lipinski definition) is 5. The molecule has 27 heavy (non-hydrogen) atoms. The molecule has 1 saturated heterocycles. The third-order valence-corrected chi connectivity index (χ3v) is 4.74.